The van der Waals surface area contributed by atoms with E-state index < -0.39 is 0 Å². The molecule has 282 valence electrons. The maximum Gasteiger partial charge on any atom is 0.160 e. The Morgan fingerprint density at radius 3 is 1.54 bits per heavy atom. The van der Waals surface area contributed by atoms with Gasteiger partial charge in [0, 0.05) is 16.7 Å². The lowest BCUT2D eigenvalue weighted by Crippen LogP contribution is -2.25. The molecule has 0 saturated carbocycles. The monoisotopic (exact) mass is 772 g/mol. The van der Waals surface area contributed by atoms with Gasteiger partial charge in [0.05, 0.1) is 16.8 Å². The Labute approximate surface area is 354 Å². The fourth-order valence-corrected chi connectivity index (χ4v) is 10.7. The SMILES string of the molecule is c1ccc(-c2nc(-c3cccc(-c4c5ccccc5cc5c4ccc4ccccc45)c3)cc(-c3ccc4c(c3)-c3ccccc3C43c4ccccc4-c4ccccc43)n2)cc1. The Kier molecular flexibility index (Phi) is 7.26. The first kappa shape index (κ1) is 34.0. The molecule has 0 atom stereocenters. The van der Waals surface area contributed by atoms with Gasteiger partial charge in [-0.05, 0) is 112 Å². The fraction of sp³-hybridized carbons (Fsp3) is 0.0169. The number of nitrogens with zero attached hydrogens (tertiary/aromatic N) is 2. The molecule has 1 spiro atoms. The van der Waals surface area contributed by atoms with Crippen LogP contribution in [0.4, 0.5) is 0 Å². The van der Waals surface area contributed by atoms with Crippen LogP contribution < -0.4 is 0 Å². The molecule has 1 heterocycles. The van der Waals surface area contributed by atoms with Crippen LogP contribution in [-0.4, -0.2) is 9.97 Å². The summed E-state index contributed by atoms with van der Waals surface area (Å²) in [6.07, 6.45) is 0. The van der Waals surface area contributed by atoms with Gasteiger partial charge in [0.25, 0.3) is 0 Å². The molecule has 2 heteroatoms. The number of rotatable bonds is 4. The van der Waals surface area contributed by atoms with Crippen molar-refractivity contribution < 1.29 is 0 Å². The zero-order chi connectivity index (χ0) is 40.1. The summed E-state index contributed by atoms with van der Waals surface area (Å²) in [6.45, 7) is 0. The summed E-state index contributed by atoms with van der Waals surface area (Å²) in [7, 11) is 0. The molecule has 0 saturated heterocycles. The minimum absolute atomic E-state index is 0.387. The molecule has 11 aromatic rings. The molecule has 0 fully saturated rings. The fourth-order valence-electron chi connectivity index (χ4n) is 10.7. The second kappa shape index (κ2) is 13.0. The summed E-state index contributed by atoms with van der Waals surface area (Å²) >= 11 is 0. The number of hydrogen-bond donors (Lipinski definition) is 0. The normalized spacial score (nSPS) is 13.0. The minimum Gasteiger partial charge on any atom is -0.228 e. The smallest absolute Gasteiger partial charge is 0.160 e. The van der Waals surface area contributed by atoms with Gasteiger partial charge >= 0.3 is 0 Å². The molecule has 0 radical (unpaired) electrons. The lowest BCUT2D eigenvalue weighted by atomic mass is 9.70. The highest BCUT2D eigenvalue weighted by Gasteiger charge is 2.51. The van der Waals surface area contributed by atoms with Gasteiger partial charge in [-0.25, -0.2) is 9.97 Å². The van der Waals surface area contributed by atoms with E-state index in [0.717, 1.165) is 33.6 Å². The van der Waals surface area contributed by atoms with E-state index in [1.807, 2.05) is 6.07 Å². The van der Waals surface area contributed by atoms with Crippen molar-refractivity contribution in [2.45, 2.75) is 5.41 Å². The van der Waals surface area contributed by atoms with E-state index in [1.165, 1.54) is 82.4 Å². The number of hydrogen-bond acceptors (Lipinski definition) is 2. The Morgan fingerprint density at radius 2 is 0.820 bits per heavy atom. The van der Waals surface area contributed by atoms with Crippen LogP contribution in [0, 0.1) is 0 Å². The molecular weight excluding hydrogens is 737 g/mol. The molecule has 13 rings (SSSR count). The molecule has 2 aliphatic rings. The van der Waals surface area contributed by atoms with Crippen molar-refractivity contribution in [3.05, 3.63) is 241 Å². The summed E-state index contributed by atoms with van der Waals surface area (Å²) in [6, 6.07) is 79.7. The van der Waals surface area contributed by atoms with Crippen molar-refractivity contribution in [3.63, 3.8) is 0 Å². The van der Waals surface area contributed by atoms with Crippen LogP contribution in [0.5, 0.6) is 0 Å². The lowest BCUT2D eigenvalue weighted by Gasteiger charge is -2.30. The maximum absolute atomic E-state index is 5.32. The Morgan fingerprint density at radius 1 is 0.279 bits per heavy atom. The van der Waals surface area contributed by atoms with E-state index in [4.69, 9.17) is 9.97 Å². The van der Waals surface area contributed by atoms with Crippen molar-refractivity contribution in [3.8, 4) is 67.3 Å². The van der Waals surface area contributed by atoms with Crippen molar-refractivity contribution in [1.29, 1.82) is 0 Å². The minimum atomic E-state index is -0.387. The third-order valence-corrected chi connectivity index (χ3v) is 13.3. The van der Waals surface area contributed by atoms with Crippen molar-refractivity contribution in [2.24, 2.45) is 0 Å². The summed E-state index contributed by atoms with van der Waals surface area (Å²) in [4.78, 5) is 10.6. The van der Waals surface area contributed by atoms with E-state index in [9.17, 15) is 0 Å². The first-order valence-electron chi connectivity index (χ1n) is 21.1. The molecule has 2 aliphatic carbocycles. The van der Waals surface area contributed by atoms with Crippen LogP contribution in [0.3, 0.4) is 0 Å². The van der Waals surface area contributed by atoms with Crippen LogP contribution in [0.25, 0.3) is 99.6 Å². The van der Waals surface area contributed by atoms with Crippen LogP contribution in [-0.2, 0) is 5.41 Å². The standard InChI is InChI=1S/C59H36N2/c1-2-16-38(17-3-1)58-60-55(40-19-14-20-42(33-40)57-44-22-7-5-18-39(44)34-49-43-21-6-4-15-37(43)29-31-48(49)57)36-56(61-58)41-30-32-54-50(35-41)47-25-10-13-28-53(47)59(54)51-26-11-8-23-45(51)46-24-9-12-27-52(46)59/h1-36H. The molecule has 0 N–H and O–H groups in total. The second-order valence-corrected chi connectivity index (χ2v) is 16.4. The molecule has 61 heavy (non-hydrogen) atoms. The third kappa shape index (κ3) is 4.91. The van der Waals surface area contributed by atoms with Crippen LogP contribution >= 0.6 is 0 Å². The highest BCUT2D eigenvalue weighted by Crippen LogP contribution is 2.63. The molecule has 0 aliphatic heterocycles. The maximum atomic E-state index is 5.32. The van der Waals surface area contributed by atoms with E-state index in [1.54, 1.807) is 0 Å². The molecule has 1 aromatic heterocycles. The van der Waals surface area contributed by atoms with E-state index in [-0.39, 0.29) is 5.41 Å². The van der Waals surface area contributed by atoms with Gasteiger partial charge < -0.3 is 0 Å². The molecule has 0 bridgehead atoms. The van der Waals surface area contributed by atoms with E-state index in [2.05, 4.69) is 212 Å². The average Bonchev–Trinajstić information content (AvgIpc) is 3.80. The topological polar surface area (TPSA) is 25.8 Å². The third-order valence-electron chi connectivity index (χ3n) is 13.3. The summed E-state index contributed by atoms with van der Waals surface area (Å²) < 4.78 is 0. The quantitative estimate of drug-likeness (QED) is 0.132. The predicted molar refractivity (Wildman–Crippen MR) is 253 cm³/mol. The number of fused-ring (bicyclic) bond motifs is 14. The molecule has 10 aromatic carbocycles. The first-order valence-corrected chi connectivity index (χ1v) is 21.1. The largest absolute Gasteiger partial charge is 0.228 e. The van der Waals surface area contributed by atoms with E-state index >= 15 is 0 Å². The predicted octanol–water partition coefficient (Wildman–Crippen LogP) is 14.9. The van der Waals surface area contributed by atoms with Crippen molar-refractivity contribution >= 4 is 32.3 Å². The van der Waals surface area contributed by atoms with Crippen LogP contribution in [0.15, 0.2) is 218 Å². The molecular formula is C59H36N2. The Bertz CT molecular complexity index is 3560. The zero-order valence-corrected chi connectivity index (χ0v) is 33.2. The lowest BCUT2D eigenvalue weighted by molar-refractivity contribution is 0.794. The van der Waals surface area contributed by atoms with E-state index in [0.29, 0.717) is 5.82 Å². The van der Waals surface area contributed by atoms with Gasteiger partial charge in [-0.15, -0.1) is 0 Å². The van der Waals surface area contributed by atoms with Gasteiger partial charge in [0.1, 0.15) is 0 Å². The summed E-state index contributed by atoms with van der Waals surface area (Å²) in [5.74, 6) is 0.705. The average molecular weight is 773 g/mol. The molecule has 2 nitrogen and oxygen atoms in total. The summed E-state index contributed by atoms with van der Waals surface area (Å²) in [5, 5.41) is 7.48. The van der Waals surface area contributed by atoms with Crippen LogP contribution in [0.1, 0.15) is 22.3 Å². The first-order chi connectivity index (χ1) is 30.2. The van der Waals surface area contributed by atoms with Crippen LogP contribution in [0.2, 0.25) is 0 Å². The molecule has 0 unspecified atom stereocenters. The molecule has 0 amide bonds. The van der Waals surface area contributed by atoms with Crippen molar-refractivity contribution in [2.75, 3.05) is 0 Å². The van der Waals surface area contributed by atoms with Gasteiger partial charge in [-0.3, -0.25) is 0 Å². The van der Waals surface area contributed by atoms with Gasteiger partial charge in [-0.2, -0.15) is 0 Å². The van der Waals surface area contributed by atoms with Gasteiger partial charge in [0.15, 0.2) is 5.82 Å². The zero-order valence-electron chi connectivity index (χ0n) is 33.2. The Balaban J connectivity index is 1.01. The Hall–Kier alpha value is -7.94. The van der Waals surface area contributed by atoms with Gasteiger partial charge in [0.2, 0.25) is 0 Å². The second-order valence-electron chi connectivity index (χ2n) is 16.4. The highest BCUT2D eigenvalue weighted by molar-refractivity contribution is 6.20. The summed E-state index contributed by atoms with van der Waals surface area (Å²) in [5.41, 5.74) is 17.4. The number of benzene rings is 10. The highest BCUT2D eigenvalue weighted by atomic mass is 14.9. The van der Waals surface area contributed by atoms with Crippen molar-refractivity contribution in [1.82, 2.24) is 9.97 Å². The number of aromatic nitrogens is 2. The van der Waals surface area contributed by atoms with Gasteiger partial charge in [-0.1, -0.05) is 194 Å².